The lowest BCUT2D eigenvalue weighted by molar-refractivity contribution is -0.173. The number of hydrogen-bond acceptors (Lipinski definition) is 17. The minimum absolute atomic E-state index is 0.0335. The summed E-state index contributed by atoms with van der Waals surface area (Å²) in [6.45, 7) is 15.3. The van der Waals surface area contributed by atoms with Gasteiger partial charge < -0.3 is 57.4 Å². The van der Waals surface area contributed by atoms with Crippen LogP contribution in [0, 0.1) is 35.5 Å². The summed E-state index contributed by atoms with van der Waals surface area (Å²) in [7, 11) is 14.5. The van der Waals surface area contributed by atoms with Crippen molar-refractivity contribution in [1.82, 2.24) is 9.80 Å². The Morgan fingerprint density at radius 3 is 2.12 bits per heavy atom. The second kappa shape index (κ2) is 39.2. The highest BCUT2D eigenvalue weighted by Gasteiger charge is 2.37. The number of nitrogens with zero attached hydrogens (tertiary/aromatic N) is 2. The fourth-order valence-corrected chi connectivity index (χ4v) is 9.49. The van der Waals surface area contributed by atoms with E-state index in [9.17, 15) is 29.1 Å². The van der Waals surface area contributed by atoms with Gasteiger partial charge in [-0.3, -0.25) is 19.3 Å². The quantitative estimate of drug-likeness (QED) is 0.0379. The molecule has 0 aromatic rings. The molecule has 1 rings (SSSR count). The molecular formula is C59H100N2O16. The van der Waals surface area contributed by atoms with Gasteiger partial charge in [-0.2, -0.15) is 0 Å². The molecule has 1 heterocycles. The number of hydrogen-bond donors (Lipinski definition) is 1. The summed E-state index contributed by atoms with van der Waals surface area (Å²) in [5.41, 5.74) is 1.11. The van der Waals surface area contributed by atoms with Gasteiger partial charge >= 0.3 is 23.9 Å². The van der Waals surface area contributed by atoms with E-state index in [2.05, 4.69) is 19.9 Å². The van der Waals surface area contributed by atoms with Crippen molar-refractivity contribution in [3.8, 4) is 0 Å². The van der Waals surface area contributed by atoms with Crippen molar-refractivity contribution >= 4 is 30.3 Å². The van der Waals surface area contributed by atoms with Crippen molar-refractivity contribution in [2.24, 2.45) is 35.5 Å². The van der Waals surface area contributed by atoms with Crippen molar-refractivity contribution in [3.05, 3.63) is 60.4 Å². The largest absolute Gasteiger partial charge is 0.462 e. The Bertz CT molecular complexity index is 1850. The molecule has 2 unspecified atom stereocenters. The summed E-state index contributed by atoms with van der Waals surface area (Å²) in [6.07, 6.45) is 15.9. The summed E-state index contributed by atoms with van der Waals surface area (Å²) >= 11 is 0. The van der Waals surface area contributed by atoms with Crippen LogP contribution in [0.5, 0.6) is 0 Å². The first-order valence-corrected chi connectivity index (χ1v) is 27.3. The van der Waals surface area contributed by atoms with E-state index in [4.69, 9.17) is 47.4 Å². The molecule has 16 atom stereocenters. The molecule has 442 valence electrons. The number of allylic oxidation sites excluding steroid dienone is 3. The maximum absolute atomic E-state index is 13.6. The van der Waals surface area contributed by atoms with Crippen LogP contribution in [0.25, 0.3) is 0 Å². The molecule has 18 nitrogen and oxygen atoms in total. The van der Waals surface area contributed by atoms with E-state index >= 15 is 0 Å². The fraction of sp³-hybridized carbons (Fsp3) is 0.746. The average molecular weight is 1090 g/mol. The van der Waals surface area contributed by atoms with Gasteiger partial charge in [0.25, 0.3) is 0 Å². The van der Waals surface area contributed by atoms with E-state index in [1.54, 1.807) is 77.9 Å². The predicted molar refractivity (Wildman–Crippen MR) is 296 cm³/mol. The zero-order chi connectivity index (χ0) is 58.2. The third-order valence-electron chi connectivity index (χ3n) is 14.7. The van der Waals surface area contributed by atoms with Crippen molar-refractivity contribution in [2.75, 3.05) is 77.0 Å². The van der Waals surface area contributed by atoms with E-state index in [1.165, 1.54) is 39.2 Å². The van der Waals surface area contributed by atoms with E-state index in [1.807, 2.05) is 46.8 Å². The lowest BCUT2D eigenvalue weighted by atomic mass is 9.84. The topological polar surface area (TPSA) is 204 Å². The van der Waals surface area contributed by atoms with Gasteiger partial charge in [-0.05, 0) is 82.9 Å². The van der Waals surface area contributed by atoms with E-state index < -0.39 is 84.5 Å². The molecule has 0 spiro atoms. The summed E-state index contributed by atoms with van der Waals surface area (Å²) in [6, 6.07) is -0.653. The van der Waals surface area contributed by atoms with Gasteiger partial charge in [-0.25, -0.2) is 9.59 Å². The number of esters is 4. The zero-order valence-electron chi connectivity index (χ0n) is 49.8. The number of carbonyl (C=O) groups is 5. The fourth-order valence-electron chi connectivity index (χ4n) is 9.49. The van der Waals surface area contributed by atoms with Crippen LogP contribution < -0.4 is 0 Å². The minimum Gasteiger partial charge on any atom is -0.462 e. The first kappa shape index (κ1) is 70.7. The first-order valence-electron chi connectivity index (χ1n) is 27.3. The maximum atomic E-state index is 13.6. The van der Waals surface area contributed by atoms with Gasteiger partial charge in [0, 0.05) is 106 Å². The van der Waals surface area contributed by atoms with Crippen molar-refractivity contribution in [2.45, 2.75) is 174 Å². The number of aliphatic hydroxyl groups is 1. The van der Waals surface area contributed by atoms with Crippen LogP contribution >= 0.6 is 0 Å². The molecule has 0 saturated carbocycles. The predicted octanol–water partition coefficient (Wildman–Crippen LogP) is 7.86. The molecular weight excluding hydrogens is 993 g/mol. The summed E-state index contributed by atoms with van der Waals surface area (Å²) in [4.78, 5) is 67.6. The SMILES string of the molecule is COC[C@@H](OC)C(=O)O[C@H](CC[C@H](C)[C@H](C[C@@H]1C/C=C/[C@H](OC)C[C@H](C)C/C=C(\C)C(OC)CC[C@@H](C)[C@@H](O)[C@H](C)C(OC(=O)[C@H](COC)N(C)C)C/C=C/C=C/C(=O)O1)OC)[C@H](C)[C@H](OC(C)=O)[C@H](C)/C=C/N(C)C=O. The third-order valence-corrected chi connectivity index (χ3v) is 14.7. The summed E-state index contributed by atoms with van der Waals surface area (Å²) < 4.78 is 58.2. The lowest BCUT2D eigenvalue weighted by Crippen LogP contribution is -2.44. The van der Waals surface area contributed by atoms with Crippen molar-refractivity contribution in [3.63, 3.8) is 0 Å². The molecule has 1 aliphatic heterocycles. The number of rotatable bonds is 26. The monoisotopic (exact) mass is 1090 g/mol. The molecule has 0 radical (unpaired) electrons. The van der Waals surface area contributed by atoms with Gasteiger partial charge in [0.1, 0.15) is 30.5 Å². The molecule has 18 heteroatoms. The number of likely N-dealkylation sites (N-methyl/N-ethyl adjacent to an activating group) is 1. The first-order chi connectivity index (χ1) is 36.5. The molecule has 1 aliphatic rings. The average Bonchev–Trinajstić information content (AvgIpc) is 3.39. The number of amides is 1. The van der Waals surface area contributed by atoms with Crippen molar-refractivity contribution < 1.29 is 76.4 Å². The Morgan fingerprint density at radius 2 is 1.53 bits per heavy atom. The molecule has 77 heavy (non-hydrogen) atoms. The Hall–Kier alpha value is -4.27. The number of carbonyl (C=O) groups excluding carboxylic acids is 5. The van der Waals surface area contributed by atoms with Crippen molar-refractivity contribution in [1.29, 1.82) is 0 Å². The highest BCUT2D eigenvalue weighted by Crippen LogP contribution is 2.31. The van der Waals surface area contributed by atoms with Gasteiger partial charge in [-0.15, -0.1) is 0 Å². The second-order valence-corrected chi connectivity index (χ2v) is 21.2. The van der Waals surface area contributed by atoms with E-state index in [-0.39, 0.29) is 55.5 Å². The highest BCUT2D eigenvalue weighted by atomic mass is 16.6. The Balaban J connectivity index is 3.70. The van der Waals surface area contributed by atoms with E-state index in [0.29, 0.717) is 44.9 Å². The minimum atomic E-state index is -0.997. The van der Waals surface area contributed by atoms with Crippen LogP contribution in [0.1, 0.15) is 113 Å². The number of methoxy groups -OCH3 is 6. The smallest absolute Gasteiger partial charge is 0.337 e. The summed E-state index contributed by atoms with van der Waals surface area (Å²) in [5.74, 6) is -3.56. The molecule has 1 N–H and O–H groups in total. The standard InChI is InChI=1S/C59H100N2O16/c1-39-26-27-40(2)50(71-15)30-29-42(4)56(65)44(6)51(76-58(66)49(36-68-12)60(9)10)24-19-18-20-25-55(64)75-48(23-21-22-47(34-39)70-14)35-53(72-16)41(3)28-31-52(77-59(67)54(73-17)37-69-13)45(7)57(74-46(8)63)43(5)32-33-61(11)38-62/h18-22,25,27,32-33,38-39,41-45,47-54,56-57,65H,23-24,26,28-31,34-37H2,1-17H3/b19-18+,22-21+,25-20+,33-32+,40-27+/t39-,41+,42-,43-,44-,45+,47+,48+,49+,50?,51?,52-,53+,54-,56-,57-/m1/s1. The molecule has 1 amide bonds. The third kappa shape index (κ3) is 27.0. The normalized spacial score (nSPS) is 27.9. The molecule has 0 aliphatic carbocycles. The van der Waals surface area contributed by atoms with E-state index in [0.717, 1.165) is 18.4 Å². The number of aliphatic hydroxyl groups excluding tert-OH is 1. The number of cyclic esters (lactones) is 1. The molecule has 0 aromatic carbocycles. The molecule has 0 aromatic heterocycles. The van der Waals surface area contributed by atoms with Crippen LogP contribution in [0.15, 0.2) is 60.4 Å². The summed E-state index contributed by atoms with van der Waals surface area (Å²) in [5, 5.41) is 11.7. The Kier molecular flexibility index (Phi) is 36.0. The van der Waals surface area contributed by atoms with Gasteiger partial charge in [0.2, 0.25) is 6.41 Å². The van der Waals surface area contributed by atoms with Crippen LogP contribution in [0.3, 0.4) is 0 Å². The zero-order valence-corrected chi connectivity index (χ0v) is 49.8. The number of ether oxygens (including phenoxy) is 10. The van der Waals surface area contributed by atoms with Crippen LogP contribution in [-0.4, -0.2) is 183 Å². The van der Waals surface area contributed by atoms with Crippen LogP contribution in [-0.2, 0) is 71.3 Å². The van der Waals surface area contributed by atoms with Crippen LogP contribution in [0.4, 0.5) is 0 Å². The molecule has 0 fully saturated rings. The van der Waals surface area contributed by atoms with Gasteiger partial charge in [0.15, 0.2) is 6.10 Å². The Morgan fingerprint density at radius 1 is 0.844 bits per heavy atom. The van der Waals surface area contributed by atoms with Crippen LogP contribution in [0.2, 0.25) is 0 Å². The maximum Gasteiger partial charge on any atom is 0.337 e. The van der Waals surface area contributed by atoms with Gasteiger partial charge in [-0.1, -0.05) is 84.1 Å². The molecule has 0 saturated heterocycles. The van der Waals surface area contributed by atoms with Gasteiger partial charge in [0.05, 0.1) is 37.6 Å². The second-order valence-electron chi connectivity index (χ2n) is 21.2. The highest BCUT2D eigenvalue weighted by molar-refractivity contribution is 5.82. The lowest BCUT2D eigenvalue weighted by Gasteiger charge is -2.34. The molecule has 0 bridgehead atoms. The Labute approximate surface area is 462 Å².